The molecule has 0 heterocycles. The van der Waals surface area contributed by atoms with E-state index < -0.39 is 0 Å². The Labute approximate surface area is 99.5 Å². The highest BCUT2D eigenvalue weighted by Gasteiger charge is 2.15. The molecular weight excluding hydrogens is 196 g/mol. The molecule has 0 aliphatic carbocycles. The fraction of sp³-hybridized carbons (Fsp3) is 0.600. The predicted molar refractivity (Wildman–Crippen MR) is 69.6 cm³/mol. The van der Waals surface area contributed by atoms with Crippen LogP contribution in [0.1, 0.15) is 56.9 Å². The number of hydrogen-bond donors (Lipinski definition) is 1. The molecule has 0 radical (unpaired) electrons. The van der Waals surface area contributed by atoms with E-state index in [0.29, 0.717) is 5.92 Å². The van der Waals surface area contributed by atoms with Gasteiger partial charge in [0.15, 0.2) is 0 Å². The molecule has 0 saturated carbocycles. The van der Waals surface area contributed by atoms with Crippen LogP contribution in [-0.4, -0.2) is 5.11 Å². The molecular formula is C15H24O. The minimum Gasteiger partial charge on any atom is -0.388 e. The second kappa shape index (κ2) is 6.05. The lowest BCUT2D eigenvalue weighted by atomic mass is 9.91. The maximum atomic E-state index is 10.2. The lowest BCUT2D eigenvalue weighted by Crippen LogP contribution is -2.09. The van der Waals surface area contributed by atoms with Gasteiger partial charge < -0.3 is 5.11 Å². The van der Waals surface area contributed by atoms with Crippen LogP contribution in [0.15, 0.2) is 18.2 Å². The Morgan fingerprint density at radius 3 is 2.19 bits per heavy atom. The summed E-state index contributed by atoms with van der Waals surface area (Å²) in [6, 6.07) is 6.42. The van der Waals surface area contributed by atoms with Crippen LogP contribution < -0.4 is 0 Å². The van der Waals surface area contributed by atoms with Gasteiger partial charge in [0.2, 0.25) is 0 Å². The molecule has 1 aromatic rings. The van der Waals surface area contributed by atoms with Gasteiger partial charge in [-0.1, -0.05) is 52.3 Å². The van der Waals surface area contributed by atoms with Gasteiger partial charge in [0.05, 0.1) is 6.10 Å². The van der Waals surface area contributed by atoms with Crippen molar-refractivity contribution in [1.82, 2.24) is 0 Å². The molecule has 16 heavy (non-hydrogen) atoms. The molecule has 1 nitrogen and oxygen atoms in total. The average molecular weight is 220 g/mol. The Morgan fingerprint density at radius 2 is 1.69 bits per heavy atom. The summed E-state index contributed by atoms with van der Waals surface area (Å²) in [5, 5.41) is 10.2. The Hall–Kier alpha value is -0.820. The molecule has 0 aliphatic heterocycles. The Balaban J connectivity index is 2.98. The third kappa shape index (κ3) is 2.85. The molecule has 0 saturated heterocycles. The van der Waals surface area contributed by atoms with Crippen LogP contribution in [0.3, 0.4) is 0 Å². The third-order valence-corrected chi connectivity index (χ3v) is 3.52. The molecule has 0 fully saturated rings. The number of aliphatic hydroxyl groups is 1. The smallest absolute Gasteiger partial charge is 0.0815 e. The van der Waals surface area contributed by atoms with Crippen molar-refractivity contribution in [1.29, 1.82) is 0 Å². The van der Waals surface area contributed by atoms with Gasteiger partial charge in [-0.25, -0.2) is 0 Å². The van der Waals surface area contributed by atoms with Gasteiger partial charge in [0, 0.05) is 0 Å². The minimum atomic E-state index is -0.318. The van der Waals surface area contributed by atoms with E-state index in [-0.39, 0.29) is 6.10 Å². The average Bonchev–Trinajstić information content (AvgIpc) is 2.35. The number of hydrogen-bond acceptors (Lipinski definition) is 1. The molecule has 2 atom stereocenters. The van der Waals surface area contributed by atoms with Crippen molar-refractivity contribution >= 4 is 0 Å². The SMILES string of the molecule is CCc1ccc(C(O)C(C)CC)cc1CC. The number of rotatable bonds is 5. The summed E-state index contributed by atoms with van der Waals surface area (Å²) in [6.07, 6.45) is 2.81. The molecule has 90 valence electrons. The zero-order valence-electron chi connectivity index (χ0n) is 11.0. The highest BCUT2D eigenvalue weighted by molar-refractivity contribution is 5.33. The first-order valence-corrected chi connectivity index (χ1v) is 6.43. The van der Waals surface area contributed by atoms with E-state index in [0.717, 1.165) is 24.8 Å². The zero-order valence-corrected chi connectivity index (χ0v) is 11.0. The first-order valence-electron chi connectivity index (χ1n) is 6.43. The van der Waals surface area contributed by atoms with E-state index in [1.807, 2.05) is 0 Å². The van der Waals surface area contributed by atoms with Gasteiger partial charge in [0.1, 0.15) is 0 Å². The fourth-order valence-electron chi connectivity index (χ4n) is 2.06. The van der Waals surface area contributed by atoms with E-state index in [2.05, 4.69) is 45.9 Å². The molecule has 0 bridgehead atoms. The summed E-state index contributed by atoms with van der Waals surface area (Å²) in [4.78, 5) is 0. The second-order valence-corrected chi connectivity index (χ2v) is 4.57. The summed E-state index contributed by atoms with van der Waals surface area (Å²) in [6.45, 7) is 8.58. The van der Waals surface area contributed by atoms with Crippen molar-refractivity contribution in [2.75, 3.05) is 0 Å². The number of aliphatic hydroxyl groups excluding tert-OH is 1. The number of aryl methyl sites for hydroxylation is 2. The Bertz CT molecular complexity index is 330. The highest BCUT2D eigenvalue weighted by atomic mass is 16.3. The van der Waals surface area contributed by atoms with Gasteiger partial charge in [-0.15, -0.1) is 0 Å². The summed E-state index contributed by atoms with van der Waals surface area (Å²) in [7, 11) is 0. The quantitative estimate of drug-likeness (QED) is 0.798. The predicted octanol–water partition coefficient (Wildman–Crippen LogP) is 3.89. The highest BCUT2D eigenvalue weighted by Crippen LogP contribution is 2.26. The summed E-state index contributed by atoms with van der Waals surface area (Å²) in [5.41, 5.74) is 3.85. The van der Waals surface area contributed by atoms with Crippen molar-refractivity contribution in [3.8, 4) is 0 Å². The Morgan fingerprint density at radius 1 is 1.06 bits per heavy atom. The van der Waals surface area contributed by atoms with Gasteiger partial charge in [0.25, 0.3) is 0 Å². The fourth-order valence-corrected chi connectivity index (χ4v) is 2.06. The van der Waals surface area contributed by atoms with E-state index in [1.165, 1.54) is 11.1 Å². The van der Waals surface area contributed by atoms with Crippen LogP contribution in [0, 0.1) is 5.92 Å². The van der Waals surface area contributed by atoms with Gasteiger partial charge in [-0.3, -0.25) is 0 Å². The Kier molecular flexibility index (Phi) is 5.01. The van der Waals surface area contributed by atoms with Crippen LogP contribution in [0.4, 0.5) is 0 Å². The molecule has 0 spiro atoms. The number of benzene rings is 1. The molecule has 2 unspecified atom stereocenters. The topological polar surface area (TPSA) is 20.2 Å². The molecule has 1 rings (SSSR count). The summed E-state index contributed by atoms with van der Waals surface area (Å²) >= 11 is 0. The minimum absolute atomic E-state index is 0.318. The van der Waals surface area contributed by atoms with Crippen molar-refractivity contribution in [2.45, 2.75) is 53.1 Å². The lowest BCUT2D eigenvalue weighted by Gasteiger charge is -2.19. The largest absolute Gasteiger partial charge is 0.388 e. The van der Waals surface area contributed by atoms with Crippen LogP contribution in [0.5, 0.6) is 0 Å². The van der Waals surface area contributed by atoms with Crippen molar-refractivity contribution in [2.24, 2.45) is 5.92 Å². The molecule has 1 heteroatoms. The van der Waals surface area contributed by atoms with E-state index >= 15 is 0 Å². The summed E-state index contributed by atoms with van der Waals surface area (Å²) in [5.74, 6) is 0.331. The zero-order chi connectivity index (χ0) is 12.1. The first kappa shape index (κ1) is 13.2. The van der Waals surface area contributed by atoms with Crippen LogP contribution in [-0.2, 0) is 12.8 Å². The van der Waals surface area contributed by atoms with E-state index in [4.69, 9.17) is 0 Å². The van der Waals surface area contributed by atoms with E-state index in [9.17, 15) is 5.11 Å². The van der Waals surface area contributed by atoms with E-state index in [1.54, 1.807) is 0 Å². The van der Waals surface area contributed by atoms with Gasteiger partial charge >= 0.3 is 0 Å². The second-order valence-electron chi connectivity index (χ2n) is 4.57. The third-order valence-electron chi connectivity index (χ3n) is 3.52. The lowest BCUT2D eigenvalue weighted by molar-refractivity contribution is 0.115. The molecule has 0 aliphatic rings. The van der Waals surface area contributed by atoms with Crippen molar-refractivity contribution in [3.63, 3.8) is 0 Å². The molecule has 0 amide bonds. The van der Waals surface area contributed by atoms with Crippen LogP contribution in [0.2, 0.25) is 0 Å². The molecule has 1 N–H and O–H groups in total. The standard InChI is InChI=1S/C15H24O/c1-5-11(4)15(16)14-9-8-12(6-2)13(7-3)10-14/h8-11,15-16H,5-7H2,1-4H3. The monoisotopic (exact) mass is 220 g/mol. The first-order chi connectivity index (χ1) is 7.63. The van der Waals surface area contributed by atoms with Crippen molar-refractivity contribution in [3.05, 3.63) is 34.9 Å². The maximum absolute atomic E-state index is 10.2. The van der Waals surface area contributed by atoms with Gasteiger partial charge in [-0.05, 0) is 35.4 Å². The van der Waals surface area contributed by atoms with Crippen LogP contribution >= 0.6 is 0 Å². The van der Waals surface area contributed by atoms with Crippen LogP contribution in [0.25, 0.3) is 0 Å². The summed E-state index contributed by atoms with van der Waals surface area (Å²) < 4.78 is 0. The molecule has 0 aromatic heterocycles. The van der Waals surface area contributed by atoms with Crippen molar-refractivity contribution < 1.29 is 5.11 Å². The maximum Gasteiger partial charge on any atom is 0.0815 e. The molecule has 1 aromatic carbocycles. The van der Waals surface area contributed by atoms with Gasteiger partial charge in [-0.2, -0.15) is 0 Å². The normalized spacial score (nSPS) is 14.8.